The van der Waals surface area contributed by atoms with E-state index in [1.807, 2.05) is 0 Å². The number of nitrogens with zero attached hydrogens (tertiary/aromatic N) is 1. The molecule has 1 aromatic carbocycles. The molecule has 0 saturated heterocycles. The van der Waals surface area contributed by atoms with Crippen LogP contribution in [0.2, 0.25) is 0 Å². The topological polar surface area (TPSA) is 131 Å². The van der Waals surface area contributed by atoms with Crippen molar-refractivity contribution in [2.24, 2.45) is 39.5 Å². The standard InChI is InChI=1S/C33H43NO10/c1-17(35)44-32-14-22(41-5)31(37)13-20(23(32)28(31)43-29(36)18-7-9-19(39-3)10-8-18)33-21(40-4)11-12-30(16-38-2)15-34-27(33)24(32)25(42-6)26(30)33/h7-10,15,20-28,37H,11-14,16H2,1-6H3/t20-,21+,22+,23-,24+,25+,26-,27-,28-,30-,31+,32-,33+/m1/s1. The minimum Gasteiger partial charge on any atom is -0.497 e. The predicted molar refractivity (Wildman–Crippen MR) is 155 cm³/mol. The molecule has 7 bridgehead atoms. The van der Waals surface area contributed by atoms with Gasteiger partial charge in [-0.1, -0.05) is 0 Å². The summed E-state index contributed by atoms with van der Waals surface area (Å²) in [4.78, 5) is 32.1. The Kier molecular flexibility index (Phi) is 6.99. The first kappa shape index (κ1) is 30.1. The molecule has 5 aliphatic carbocycles. The van der Waals surface area contributed by atoms with Gasteiger partial charge in [0.2, 0.25) is 0 Å². The quantitative estimate of drug-likeness (QED) is 0.415. The minimum atomic E-state index is -1.53. The van der Waals surface area contributed by atoms with Crippen molar-refractivity contribution in [3.05, 3.63) is 29.8 Å². The van der Waals surface area contributed by atoms with Gasteiger partial charge in [0.1, 0.15) is 23.1 Å². The Morgan fingerprint density at radius 1 is 0.977 bits per heavy atom. The third-order valence-electron chi connectivity index (χ3n) is 12.4. The monoisotopic (exact) mass is 613 g/mol. The molecule has 5 fully saturated rings. The Labute approximate surface area is 257 Å². The van der Waals surface area contributed by atoms with Crippen molar-refractivity contribution in [2.45, 2.75) is 74.3 Å². The number of hydrogen-bond acceptors (Lipinski definition) is 11. The number of carbonyl (C=O) groups is 2. The molecule has 0 aromatic heterocycles. The fraction of sp³-hybridized carbons (Fsp3) is 0.727. The van der Waals surface area contributed by atoms with Gasteiger partial charge in [0.05, 0.1) is 43.6 Å². The van der Waals surface area contributed by atoms with E-state index < -0.39 is 58.0 Å². The highest BCUT2D eigenvalue weighted by Crippen LogP contribution is 2.79. The fourth-order valence-electron chi connectivity index (χ4n) is 11.4. The summed E-state index contributed by atoms with van der Waals surface area (Å²) in [5.41, 5.74) is -3.41. The van der Waals surface area contributed by atoms with Crippen LogP contribution in [0.25, 0.3) is 0 Å². The molecule has 1 spiro atoms. The molecule has 0 radical (unpaired) electrons. The third-order valence-corrected chi connectivity index (χ3v) is 12.4. The first-order valence-corrected chi connectivity index (χ1v) is 15.5. The molecule has 1 N–H and O–H groups in total. The maximum Gasteiger partial charge on any atom is 0.338 e. The van der Waals surface area contributed by atoms with Crippen LogP contribution in [0.5, 0.6) is 5.75 Å². The molecule has 1 aliphatic heterocycles. The summed E-state index contributed by atoms with van der Waals surface area (Å²) < 4.78 is 42.8. The highest BCUT2D eigenvalue weighted by molar-refractivity contribution is 5.89. The summed E-state index contributed by atoms with van der Waals surface area (Å²) in [5, 5.41) is 12.7. The molecule has 1 heterocycles. The number of carbonyl (C=O) groups excluding carboxylic acids is 2. The zero-order valence-electron chi connectivity index (χ0n) is 26.2. The second kappa shape index (κ2) is 10.2. The van der Waals surface area contributed by atoms with Gasteiger partial charge in [-0.25, -0.2) is 4.79 Å². The van der Waals surface area contributed by atoms with Gasteiger partial charge in [-0.15, -0.1) is 0 Å². The van der Waals surface area contributed by atoms with E-state index in [9.17, 15) is 14.7 Å². The molecule has 240 valence electrons. The van der Waals surface area contributed by atoms with E-state index >= 15 is 0 Å². The van der Waals surface area contributed by atoms with E-state index in [4.69, 9.17) is 38.2 Å². The second-order valence-electron chi connectivity index (χ2n) is 13.7. The Bertz CT molecular complexity index is 1350. The lowest BCUT2D eigenvalue weighted by atomic mass is 9.44. The van der Waals surface area contributed by atoms with Crippen molar-refractivity contribution >= 4 is 18.2 Å². The van der Waals surface area contributed by atoms with Crippen LogP contribution in [0.3, 0.4) is 0 Å². The summed E-state index contributed by atoms with van der Waals surface area (Å²) in [7, 11) is 8.24. The van der Waals surface area contributed by atoms with E-state index in [1.54, 1.807) is 52.7 Å². The molecule has 0 amide bonds. The number of ether oxygens (including phenoxy) is 7. The van der Waals surface area contributed by atoms with Gasteiger partial charge in [-0.2, -0.15) is 0 Å². The molecule has 11 heteroatoms. The first-order valence-electron chi connectivity index (χ1n) is 15.5. The van der Waals surface area contributed by atoms with E-state index in [1.165, 1.54) is 14.0 Å². The van der Waals surface area contributed by atoms with Crippen LogP contribution in [-0.4, -0.2) is 107 Å². The molecule has 13 atom stereocenters. The van der Waals surface area contributed by atoms with Crippen LogP contribution in [0.4, 0.5) is 0 Å². The summed E-state index contributed by atoms with van der Waals surface area (Å²) in [5.74, 6) is -1.74. The Morgan fingerprint density at radius 3 is 2.32 bits per heavy atom. The summed E-state index contributed by atoms with van der Waals surface area (Å²) in [6.07, 6.45) is 1.78. The molecule has 6 aliphatic rings. The van der Waals surface area contributed by atoms with Crippen molar-refractivity contribution in [3.63, 3.8) is 0 Å². The van der Waals surface area contributed by atoms with Gasteiger partial charge in [0, 0.05) is 76.6 Å². The van der Waals surface area contributed by atoms with Crippen molar-refractivity contribution in [2.75, 3.05) is 42.2 Å². The first-order chi connectivity index (χ1) is 21.1. The number of fused-ring (bicyclic) bond motifs is 2. The van der Waals surface area contributed by atoms with E-state index in [-0.39, 0.29) is 42.9 Å². The minimum absolute atomic E-state index is 0.0875. The SMILES string of the molecule is COC[C@@]12C=N[C@@H]3[C@@H]4[C@H](OC)[C@H]1[C@@]3([C@@H](OC)CC2)[C@@H]1C[C@]2(O)[C@@H](OC)C[C@@]4(OC(C)=O)[C@H]1[C@H]2OC(=O)c1ccc(OC)cc1. The Hall–Kier alpha value is -2.57. The molecule has 5 saturated carbocycles. The lowest BCUT2D eigenvalue weighted by molar-refractivity contribution is -0.264. The lowest BCUT2D eigenvalue weighted by Gasteiger charge is -2.64. The Balaban J connectivity index is 1.43. The van der Waals surface area contributed by atoms with Crippen LogP contribution >= 0.6 is 0 Å². The van der Waals surface area contributed by atoms with Gasteiger partial charge < -0.3 is 38.3 Å². The number of benzene rings is 1. The van der Waals surface area contributed by atoms with Crippen molar-refractivity contribution in [3.8, 4) is 5.75 Å². The zero-order chi connectivity index (χ0) is 31.2. The highest BCUT2D eigenvalue weighted by atomic mass is 16.6. The number of aliphatic imine (C=N–C) groups is 1. The van der Waals surface area contributed by atoms with Gasteiger partial charge in [0.15, 0.2) is 0 Å². The second-order valence-corrected chi connectivity index (χ2v) is 13.7. The van der Waals surface area contributed by atoms with E-state index in [2.05, 4.69) is 6.21 Å². The normalized spacial score (nSPS) is 47.3. The summed E-state index contributed by atoms with van der Waals surface area (Å²) in [6.45, 7) is 1.86. The zero-order valence-corrected chi connectivity index (χ0v) is 26.2. The maximum atomic E-state index is 13.8. The van der Waals surface area contributed by atoms with Gasteiger partial charge in [-0.05, 0) is 49.4 Å². The van der Waals surface area contributed by atoms with Crippen LogP contribution in [-0.2, 0) is 33.2 Å². The van der Waals surface area contributed by atoms with Gasteiger partial charge in [0.25, 0.3) is 0 Å². The molecule has 0 unspecified atom stereocenters. The summed E-state index contributed by atoms with van der Waals surface area (Å²) >= 11 is 0. The third kappa shape index (κ3) is 3.53. The summed E-state index contributed by atoms with van der Waals surface area (Å²) in [6, 6.07) is 6.35. The largest absolute Gasteiger partial charge is 0.497 e. The number of aliphatic hydroxyl groups is 1. The van der Waals surface area contributed by atoms with Crippen molar-refractivity contribution in [1.29, 1.82) is 0 Å². The predicted octanol–water partition coefficient (Wildman–Crippen LogP) is 2.46. The van der Waals surface area contributed by atoms with Crippen molar-refractivity contribution < 1.29 is 47.9 Å². The van der Waals surface area contributed by atoms with E-state index in [0.717, 1.165) is 12.8 Å². The van der Waals surface area contributed by atoms with Gasteiger partial charge >= 0.3 is 11.9 Å². The van der Waals surface area contributed by atoms with Crippen LogP contribution in [0.1, 0.15) is 43.0 Å². The average Bonchev–Trinajstić information content (AvgIpc) is 3.36. The van der Waals surface area contributed by atoms with Crippen LogP contribution in [0, 0.1) is 34.5 Å². The maximum absolute atomic E-state index is 13.8. The molecular formula is C33H43NO10. The Morgan fingerprint density at radius 2 is 1.70 bits per heavy atom. The highest BCUT2D eigenvalue weighted by Gasteiger charge is 2.89. The smallest absolute Gasteiger partial charge is 0.338 e. The molecule has 11 nitrogen and oxygen atoms in total. The fourth-order valence-corrected chi connectivity index (χ4v) is 11.4. The number of hydrogen-bond donors (Lipinski definition) is 1. The number of methoxy groups -OCH3 is 5. The van der Waals surface area contributed by atoms with Crippen LogP contribution in [0.15, 0.2) is 29.3 Å². The van der Waals surface area contributed by atoms with Crippen molar-refractivity contribution in [1.82, 2.24) is 0 Å². The number of rotatable bonds is 9. The number of esters is 2. The molecule has 44 heavy (non-hydrogen) atoms. The molecule has 7 rings (SSSR count). The van der Waals surface area contributed by atoms with Crippen LogP contribution < -0.4 is 4.74 Å². The van der Waals surface area contributed by atoms with Gasteiger partial charge in [-0.3, -0.25) is 9.79 Å². The van der Waals surface area contributed by atoms with E-state index in [0.29, 0.717) is 17.9 Å². The average molecular weight is 614 g/mol. The lowest BCUT2D eigenvalue weighted by Crippen LogP contribution is -2.73. The molecular weight excluding hydrogens is 570 g/mol. The molecule has 1 aromatic rings.